The van der Waals surface area contributed by atoms with Crippen LogP contribution in [0, 0.1) is 6.92 Å². The first kappa shape index (κ1) is 10.4. The van der Waals surface area contributed by atoms with E-state index in [1.807, 2.05) is 11.3 Å². The van der Waals surface area contributed by atoms with Crippen LogP contribution in [-0.2, 0) is 6.42 Å². The molecule has 2 heteroatoms. The molecule has 0 aliphatic carbocycles. The van der Waals surface area contributed by atoms with E-state index >= 15 is 0 Å². The Hall–Kier alpha value is -1.12. The molecule has 0 saturated carbocycles. The Morgan fingerprint density at radius 1 is 1.07 bits per heavy atom. The summed E-state index contributed by atoms with van der Waals surface area (Å²) in [5, 5.41) is 0. The average Bonchev–Trinajstić information content (AvgIpc) is 2.67. The van der Waals surface area contributed by atoms with E-state index in [0.29, 0.717) is 0 Å². The highest BCUT2D eigenvalue weighted by Gasteiger charge is 2.00. The maximum atomic E-state index is 5.52. The van der Waals surface area contributed by atoms with Crippen LogP contribution in [0.1, 0.15) is 10.4 Å². The van der Waals surface area contributed by atoms with Gasteiger partial charge in [-0.1, -0.05) is 24.3 Å². The number of thiophene rings is 1. The summed E-state index contributed by atoms with van der Waals surface area (Å²) >= 11 is 1.84. The van der Waals surface area contributed by atoms with Crippen LogP contribution in [0.4, 0.5) is 0 Å². The van der Waals surface area contributed by atoms with Crippen molar-refractivity contribution in [3.8, 4) is 10.4 Å². The van der Waals surface area contributed by atoms with E-state index in [1.54, 1.807) is 0 Å². The topological polar surface area (TPSA) is 26.0 Å². The van der Waals surface area contributed by atoms with E-state index in [9.17, 15) is 0 Å². The first-order valence-corrected chi connectivity index (χ1v) is 5.97. The smallest absolute Gasteiger partial charge is 0.0345 e. The first-order valence-electron chi connectivity index (χ1n) is 5.15. The van der Waals surface area contributed by atoms with Gasteiger partial charge in [0.15, 0.2) is 0 Å². The van der Waals surface area contributed by atoms with Crippen molar-refractivity contribution in [1.82, 2.24) is 0 Å². The molecule has 1 aromatic carbocycles. The molecule has 2 rings (SSSR count). The summed E-state index contributed by atoms with van der Waals surface area (Å²) < 4.78 is 0. The fraction of sp³-hybridized carbons (Fsp3) is 0.231. The van der Waals surface area contributed by atoms with E-state index in [4.69, 9.17) is 5.73 Å². The standard InChI is InChI=1S/C13H15NS/c1-10-2-7-13(15-10)12-5-3-11(4-6-12)8-9-14/h2-7H,8-9,14H2,1H3. The number of hydrogen-bond donors (Lipinski definition) is 1. The molecule has 0 spiro atoms. The molecule has 0 amide bonds. The number of rotatable bonds is 3. The quantitative estimate of drug-likeness (QED) is 0.839. The summed E-state index contributed by atoms with van der Waals surface area (Å²) in [5.41, 5.74) is 8.13. The SMILES string of the molecule is Cc1ccc(-c2ccc(CCN)cc2)s1. The lowest BCUT2D eigenvalue weighted by molar-refractivity contribution is 0.969. The normalized spacial score (nSPS) is 10.5. The minimum Gasteiger partial charge on any atom is -0.330 e. The Balaban J connectivity index is 2.23. The van der Waals surface area contributed by atoms with Crippen LogP contribution in [-0.4, -0.2) is 6.54 Å². The van der Waals surface area contributed by atoms with Crippen LogP contribution in [0.5, 0.6) is 0 Å². The summed E-state index contributed by atoms with van der Waals surface area (Å²) in [6.07, 6.45) is 0.962. The second kappa shape index (κ2) is 4.60. The van der Waals surface area contributed by atoms with E-state index in [-0.39, 0.29) is 0 Å². The van der Waals surface area contributed by atoms with Crippen LogP contribution in [0.2, 0.25) is 0 Å². The minimum atomic E-state index is 0.720. The summed E-state index contributed by atoms with van der Waals surface area (Å²) in [5.74, 6) is 0. The summed E-state index contributed by atoms with van der Waals surface area (Å²) in [6, 6.07) is 13.0. The summed E-state index contributed by atoms with van der Waals surface area (Å²) in [7, 11) is 0. The van der Waals surface area contributed by atoms with Crippen LogP contribution >= 0.6 is 11.3 Å². The maximum absolute atomic E-state index is 5.52. The van der Waals surface area contributed by atoms with Crippen molar-refractivity contribution in [2.75, 3.05) is 6.54 Å². The number of hydrogen-bond acceptors (Lipinski definition) is 2. The van der Waals surface area contributed by atoms with E-state index in [2.05, 4.69) is 43.3 Å². The van der Waals surface area contributed by atoms with Crippen LogP contribution in [0.25, 0.3) is 10.4 Å². The van der Waals surface area contributed by atoms with Gasteiger partial charge in [-0.2, -0.15) is 0 Å². The van der Waals surface area contributed by atoms with Gasteiger partial charge >= 0.3 is 0 Å². The van der Waals surface area contributed by atoms with Crippen molar-refractivity contribution in [1.29, 1.82) is 0 Å². The molecule has 0 aliphatic heterocycles. The van der Waals surface area contributed by atoms with Crippen molar-refractivity contribution < 1.29 is 0 Å². The van der Waals surface area contributed by atoms with Crippen molar-refractivity contribution in [3.05, 3.63) is 46.8 Å². The zero-order chi connectivity index (χ0) is 10.7. The lowest BCUT2D eigenvalue weighted by Crippen LogP contribution is -2.02. The van der Waals surface area contributed by atoms with E-state index in [1.165, 1.54) is 20.9 Å². The third kappa shape index (κ3) is 2.46. The fourth-order valence-electron chi connectivity index (χ4n) is 1.59. The van der Waals surface area contributed by atoms with Gasteiger partial charge in [0.2, 0.25) is 0 Å². The van der Waals surface area contributed by atoms with Gasteiger partial charge in [-0.3, -0.25) is 0 Å². The maximum Gasteiger partial charge on any atom is 0.0345 e. The Morgan fingerprint density at radius 2 is 1.80 bits per heavy atom. The average molecular weight is 217 g/mol. The van der Waals surface area contributed by atoms with Gasteiger partial charge < -0.3 is 5.73 Å². The Morgan fingerprint density at radius 3 is 2.33 bits per heavy atom. The highest BCUT2D eigenvalue weighted by atomic mass is 32.1. The van der Waals surface area contributed by atoms with Gasteiger partial charge in [0, 0.05) is 9.75 Å². The fourth-order valence-corrected chi connectivity index (χ4v) is 2.46. The molecule has 0 fully saturated rings. The van der Waals surface area contributed by atoms with Gasteiger partial charge in [-0.15, -0.1) is 11.3 Å². The lowest BCUT2D eigenvalue weighted by Gasteiger charge is -2.00. The monoisotopic (exact) mass is 217 g/mol. The molecule has 2 aromatic rings. The van der Waals surface area contributed by atoms with Gasteiger partial charge in [0.05, 0.1) is 0 Å². The van der Waals surface area contributed by atoms with Crippen molar-refractivity contribution in [2.24, 2.45) is 5.73 Å². The van der Waals surface area contributed by atoms with Crippen molar-refractivity contribution in [2.45, 2.75) is 13.3 Å². The molecule has 1 heterocycles. The van der Waals surface area contributed by atoms with Gasteiger partial charge in [0.1, 0.15) is 0 Å². The van der Waals surface area contributed by atoms with E-state index < -0.39 is 0 Å². The van der Waals surface area contributed by atoms with E-state index in [0.717, 1.165) is 13.0 Å². The molecule has 0 bridgehead atoms. The first-order chi connectivity index (χ1) is 7.29. The second-order valence-corrected chi connectivity index (χ2v) is 4.93. The molecule has 1 nitrogen and oxygen atoms in total. The van der Waals surface area contributed by atoms with Crippen molar-refractivity contribution in [3.63, 3.8) is 0 Å². The molecule has 0 atom stereocenters. The number of nitrogens with two attached hydrogens (primary N) is 1. The van der Waals surface area contributed by atoms with Crippen molar-refractivity contribution >= 4 is 11.3 Å². The molecule has 15 heavy (non-hydrogen) atoms. The zero-order valence-corrected chi connectivity index (χ0v) is 9.68. The molecule has 1 aromatic heterocycles. The second-order valence-electron chi connectivity index (χ2n) is 3.65. The Labute approximate surface area is 94.6 Å². The third-order valence-electron chi connectivity index (χ3n) is 2.41. The highest BCUT2D eigenvalue weighted by Crippen LogP contribution is 2.27. The molecule has 0 radical (unpaired) electrons. The molecule has 0 saturated heterocycles. The van der Waals surface area contributed by atoms with Gasteiger partial charge in [-0.05, 0) is 43.1 Å². The van der Waals surface area contributed by atoms with Gasteiger partial charge in [-0.25, -0.2) is 0 Å². The third-order valence-corrected chi connectivity index (χ3v) is 3.46. The molecule has 0 aliphatic rings. The highest BCUT2D eigenvalue weighted by molar-refractivity contribution is 7.15. The largest absolute Gasteiger partial charge is 0.330 e. The predicted molar refractivity (Wildman–Crippen MR) is 67.3 cm³/mol. The molecule has 2 N–H and O–H groups in total. The summed E-state index contributed by atoms with van der Waals surface area (Å²) in [6.45, 7) is 2.86. The molecular formula is C13H15NS. The number of benzene rings is 1. The lowest BCUT2D eigenvalue weighted by atomic mass is 10.1. The number of aryl methyl sites for hydroxylation is 1. The van der Waals surface area contributed by atoms with Crippen LogP contribution in [0.15, 0.2) is 36.4 Å². The summed E-state index contributed by atoms with van der Waals surface area (Å²) in [4.78, 5) is 2.70. The predicted octanol–water partition coefficient (Wildman–Crippen LogP) is 3.22. The molecular weight excluding hydrogens is 202 g/mol. The van der Waals surface area contributed by atoms with Crippen LogP contribution < -0.4 is 5.73 Å². The molecule has 0 unspecified atom stereocenters. The molecule has 78 valence electrons. The Bertz CT molecular complexity index is 428. The minimum absolute atomic E-state index is 0.720. The zero-order valence-electron chi connectivity index (χ0n) is 8.86. The van der Waals surface area contributed by atoms with Gasteiger partial charge in [0.25, 0.3) is 0 Å². The Kier molecular flexibility index (Phi) is 3.19. The van der Waals surface area contributed by atoms with Crippen LogP contribution in [0.3, 0.4) is 0 Å².